The van der Waals surface area contributed by atoms with Crippen molar-refractivity contribution in [2.45, 2.75) is 6.42 Å². The van der Waals surface area contributed by atoms with Crippen molar-refractivity contribution >= 4 is 38.2 Å². The zero-order valence-electron chi connectivity index (χ0n) is 13.4. The van der Waals surface area contributed by atoms with Crippen molar-refractivity contribution in [1.29, 1.82) is 0 Å². The van der Waals surface area contributed by atoms with Gasteiger partial charge in [-0.2, -0.15) is 8.42 Å². The third-order valence-electron chi connectivity index (χ3n) is 3.17. The maximum atomic E-state index is 10.5. The van der Waals surface area contributed by atoms with Crippen molar-refractivity contribution in [3.63, 3.8) is 0 Å². The van der Waals surface area contributed by atoms with Crippen LogP contribution in [0, 0.1) is 0 Å². The van der Waals surface area contributed by atoms with Crippen molar-refractivity contribution in [2.75, 3.05) is 25.1 Å². The molecule has 1 aromatic heterocycles. The van der Waals surface area contributed by atoms with E-state index in [-0.39, 0.29) is 6.61 Å². The summed E-state index contributed by atoms with van der Waals surface area (Å²) in [5.74, 6) is 0. The molecule has 1 aromatic carbocycles. The molecule has 0 atom stereocenters. The Hall–Kier alpha value is -1.88. The minimum atomic E-state index is -4.36. The number of nitrogens with zero attached hydrogens (tertiary/aromatic N) is 4. The lowest BCUT2D eigenvalue weighted by Gasteiger charge is -2.18. The van der Waals surface area contributed by atoms with Gasteiger partial charge in [0.25, 0.3) is 0 Å². The summed E-state index contributed by atoms with van der Waals surface area (Å²) < 4.78 is 35.6. The summed E-state index contributed by atoms with van der Waals surface area (Å²) in [6.45, 7) is 0.523. The Morgan fingerprint density at radius 2 is 2.00 bits per heavy atom. The van der Waals surface area contributed by atoms with E-state index in [0.29, 0.717) is 13.0 Å². The third kappa shape index (κ3) is 5.96. The highest BCUT2D eigenvalue weighted by Crippen LogP contribution is 2.22. The number of aryl methyl sites for hydroxylation is 1. The van der Waals surface area contributed by atoms with E-state index in [2.05, 4.69) is 14.4 Å². The largest absolute Gasteiger partial charge is 0.408 e. The molecule has 0 unspecified atom stereocenters. The van der Waals surface area contributed by atoms with E-state index < -0.39 is 10.4 Å². The van der Waals surface area contributed by atoms with Crippen LogP contribution >= 0.6 is 11.3 Å². The lowest BCUT2D eigenvalue weighted by Crippen LogP contribution is -2.23. The minimum absolute atomic E-state index is 0.0622. The average Bonchev–Trinajstić information content (AvgIpc) is 2.94. The summed E-state index contributed by atoms with van der Waals surface area (Å²) in [6, 6.07) is 7.54. The van der Waals surface area contributed by atoms with Gasteiger partial charge in [0.2, 0.25) is 0 Å². The minimum Gasteiger partial charge on any atom is -0.375 e. The van der Waals surface area contributed by atoms with Crippen molar-refractivity contribution in [3.8, 4) is 0 Å². The lowest BCUT2D eigenvalue weighted by atomic mass is 10.2. The van der Waals surface area contributed by atoms with Gasteiger partial charge in [0.1, 0.15) is 11.9 Å². The normalized spacial score (nSPS) is 12.0. The van der Waals surface area contributed by atoms with E-state index in [4.69, 9.17) is 4.55 Å². The fourth-order valence-corrected chi connectivity index (χ4v) is 2.90. The predicted molar refractivity (Wildman–Crippen MR) is 91.5 cm³/mol. The van der Waals surface area contributed by atoms with Gasteiger partial charge in [0.05, 0.1) is 18.8 Å². The highest BCUT2D eigenvalue weighted by Gasteiger charge is 2.08. The van der Waals surface area contributed by atoms with E-state index in [1.807, 2.05) is 59.4 Å². The number of aromatic nitrogens is 1. The van der Waals surface area contributed by atoms with Gasteiger partial charge in [-0.3, -0.25) is 4.55 Å². The molecule has 10 heteroatoms. The Kier molecular flexibility index (Phi) is 6.37. The second-order valence-electron chi connectivity index (χ2n) is 5.04. The molecule has 2 rings (SSSR count). The summed E-state index contributed by atoms with van der Waals surface area (Å²) in [5, 5.41) is 11.1. The Morgan fingerprint density at radius 1 is 1.29 bits per heavy atom. The maximum absolute atomic E-state index is 10.5. The number of thiazole rings is 1. The highest BCUT2D eigenvalue weighted by molar-refractivity contribution is 7.80. The molecule has 8 nitrogen and oxygen atoms in total. The predicted octanol–water partition coefficient (Wildman–Crippen LogP) is 2.63. The first-order valence-electron chi connectivity index (χ1n) is 7.13. The number of rotatable bonds is 8. The first-order chi connectivity index (χ1) is 11.3. The standard InChI is InChI=1S/C14H18N4O4S2/c1-17(8-3-10-22-24(19,20)21)13-6-4-12(5-7-13)15-16-14-18(2)9-11-23-14/h4-7,9,11H,3,8,10H2,1-2H3/p+1. The van der Waals surface area contributed by atoms with Crippen LogP contribution in [-0.4, -0.2) is 33.2 Å². The maximum Gasteiger partial charge on any atom is 0.408 e. The van der Waals surface area contributed by atoms with Crippen LogP contribution in [0.3, 0.4) is 0 Å². The molecule has 0 radical (unpaired) electrons. The SMILES string of the molecule is CN(CCCOS(=O)(=O)O)c1ccc(N=Nc2scc[n+]2C)cc1. The molecule has 0 aliphatic rings. The van der Waals surface area contributed by atoms with E-state index in [1.54, 1.807) is 0 Å². The van der Waals surface area contributed by atoms with Gasteiger partial charge < -0.3 is 4.90 Å². The quantitative estimate of drug-likeness (QED) is 0.333. The molecule has 2 aromatic rings. The molecule has 130 valence electrons. The molecule has 0 aliphatic heterocycles. The molecule has 0 spiro atoms. The average molecular weight is 371 g/mol. The van der Waals surface area contributed by atoms with Crippen LogP contribution in [0.2, 0.25) is 0 Å². The zero-order chi connectivity index (χ0) is 17.6. The summed E-state index contributed by atoms with van der Waals surface area (Å²) >= 11 is 1.51. The van der Waals surface area contributed by atoms with Crippen LogP contribution in [0.25, 0.3) is 0 Å². The molecule has 0 amide bonds. The first kappa shape index (κ1) is 18.5. The number of hydrogen-bond donors (Lipinski definition) is 1. The monoisotopic (exact) mass is 371 g/mol. The first-order valence-corrected chi connectivity index (χ1v) is 9.37. The fraction of sp³-hybridized carbons (Fsp3) is 0.357. The summed E-state index contributed by atoms with van der Waals surface area (Å²) in [6.07, 6.45) is 2.38. The van der Waals surface area contributed by atoms with Gasteiger partial charge >= 0.3 is 15.5 Å². The van der Waals surface area contributed by atoms with Crippen molar-refractivity contribution < 1.29 is 21.7 Å². The Labute approximate surface area is 145 Å². The molecule has 0 fully saturated rings. The van der Waals surface area contributed by atoms with Crippen molar-refractivity contribution in [2.24, 2.45) is 17.3 Å². The molecular weight excluding hydrogens is 352 g/mol. The van der Waals surface area contributed by atoms with Gasteiger partial charge in [-0.1, -0.05) is 0 Å². The van der Waals surface area contributed by atoms with Crippen LogP contribution < -0.4 is 9.47 Å². The van der Waals surface area contributed by atoms with E-state index in [9.17, 15) is 8.42 Å². The van der Waals surface area contributed by atoms with E-state index in [0.717, 1.165) is 16.5 Å². The Bertz CT molecular complexity index is 787. The molecule has 1 N–H and O–H groups in total. The molecule has 0 bridgehead atoms. The van der Waals surface area contributed by atoms with Crippen molar-refractivity contribution in [3.05, 3.63) is 35.8 Å². The summed E-state index contributed by atoms with van der Waals surface area (Å²) in [7, 11) is -0.567. The van der Waals surface area contributed by atoms with Gasteiger partial charge in [-0.05, 0) is 47.1 Å². The van der Waals surface area contributed by atoms with Gasteiger partial charge in [-0.25, -0.2) is 8.75 Å². The molecule has 1 heterocycles. The van der Waals surface area contributed by atoms with Gasteiger partial charge in [0, 0.05) is 24.7 Å². The van der Waals surface area contributed by atoms with E-state index in [1.165, 1.54) is 11.3 Å². The second-order valence-corrected chi connectivity index (χ2v) is 7.00. The Balaban J connectivity index is 1.87. The van der Waals surface area contributed by atoms with Crippen LogP contribution in [0.15, 0.2) is 46.1 Å². The smallest absolute Gasteiger partial charge is 0.375 e. The molecule has 24 heavy (non-hydrogen) atoms. The number of azo groups is 1. The Morgan fingerprint density at radius 3 is 2.58 bits per heavy atom. The molecule has 0 saturated heterocycles. The van der Waals surface area contributed by atoms with Crippen LogP contribution in [0.1, 0.15) is 6.42 Å². The van der Waals surface area contributed by atoms with Gasteiger partial charge in [-0.15, -0.1) is 0 Å². The lowest BCUT2D eigenvalue weighted by molar-refractivity contribution is -0.654. The molecule has 0 saturated carbocycles. The topological polar surface area (TPSA) is 95.4 Å². The second kappa shape index (κ2) is 8.29. The number of benzene rings is 1. The van der Waals surface area contributed by atoms with Crippen LogP contribution in [-0.2, 0) is 21.6 Å². The summed E-state index contributed by atoms with van der Waals surface area (Å²) in [5.41, 5.74) is 1.71. The molecule has 0 aliphatic carbocycles. The number of anilines is 1. The van der Waals surface area contributed by atoms with E-state index >= 15 is 0 Å². The zero-order valence-corrected chi connectivity index (χ0v) is 15.0. The highest BCUT2D eigenvalue weighted by atomic mass is 32.3. The number of hydrogen-bond acceptors (Lipinski definition) is 7. The third-order valence-corrected chi connectivity index (χ3v) is 4.47. The van der Waals surface area contributed by atoms with Crippen LogP contribution in [0.4, 0.5) is 16.5 Å². The van der Waals surface area contributed by atoms with Crippen LogP contribution in [0.5, 0.6) is 0 Å². The van der Waals surface area contributed by atoms with Crippen molar-refractivity contribution in [1.82, 2.24) is 0 Å². The fourth-order valence-electron chi connectivity index (χ4n) is 1.89. The summed E-state index contributed by atoms with van der Waals surface area (Å²) in [4.78, 5) is 1.95. The molecular formula is C14H19N4O4S2+. The van der Waals surface area contributed by atoms with Gasteiger partial charge in [0.15, 0.2) is 0 Å².